The van der Waals surface area contributed by atoms with Crippen LogP contribution in [0.15, 0.2) is 24.3 Å². The molecule has 19 heavy (non-hydrogen) atoms. The normalized spacial score (nSPS) is 16.6. The maximum atomic E-state index is 13.2. The van der Waals surface area contributed by atoms with E-state index in [2.05, 4.69) is 11.8 Å². The van der Waals surface area contributed by atoms with E-state index in [1.165, 1.54) is 6.07 Å². The molecule has 3 nitrogen and oxygen atoms in total. The van der Waals surface area contributed by atoms with Gasteiger partial charge in [0.05, 0.1) is 6.42 Å². The zero-order valence-electron chi connectivity index (χ0n) is 11.2. The van der Waals surface area contributed by atoms with Crippen molar-refractivity contribution in [2.45, 2.75) is 44.7 Å². The Morgan fingerprint density at radius 1 is 1.53 bits per heavy atom. The number of carboxylic acids is 1. The smallest absolute Gasteiger partial charge is 0.304 e. The average molecular weight is 265 g/mol. The molecule has 4 heteroatoms. The van der Waals surface area contributed by atoms with Crippen molar-refractivity contribution in [2.24, 2.45) is 0 Å². The summed E-state index contributed by atoms with van der Waals surface area (Å²) in [6.45, 7) is 2.67. The third-order valence-corrected chi connectivity index (χ3v) is 3.59. The number of carboxylic acid groups (broad SMARTS) is 1. The van der Waals surface area contributed by atoms with Gasteiger partial charge in [0.15, 0.2) is 0 Å². The van der Waals surface area contributed by atoms with Crippen LogP contribution in [0.3, 0.4) is 0 Å². The Kier molecular flexibility index (Phi) is 4.53. The van der Waals surface area contributed by atoms with Gasteiger partial charge in [0.2, 0.25) is 0 Å². The minimum Gasteiger partial charge on any atom is -0.481 e. The first-order valence-corrected chi connectivity index (χ1v) is 6.78. The molecule has 0 radical (unpaired) electrons. The standard InChI is InChI=1S/C15H20FNO2/c1-11(9-12-3-2-4-13(16)10-12)17(14-5-6-14)8-7-15(18)19/h2-4,10-11,14H,5-9H2,1H3,(H,18,19). The van der Waals surface area contributed by atoms with E-state index >= 15 is 0 Å². The molecule has 0 aliphatic heterocycles. The highest BCUT2D eigenvalue weighted by Gasteiger charge is 2.32. The molecule has 2 rings (SSSR count). The molecule has 1 aliphatic rings. The van der Waals surface area contributed by atoms with Crippen LogP contribution < -0.4 is 0 Å². The Hall–Kier alpha value is -1.42. The molecular formula is C15H20FNO2. The van der Waals surface area contributed by atoms with E-state index < -0.39 is 5.97 Å². The summed E-state index contributed by atoms with van der Waals surface area (Å²) in [6.07, 6.45) is 3.22. The van der Waals surface area contributed by atoms with Crippen LogP contribution in [0.4, 0.5) is 4.39 Å². The van der Waals surface area contributed by atoms with E-state index in [0.29, 0.717) is 12.6 Å². The highest BCUT2D eigenvalue weighted by Crippen LogP contribution is 2.29. The van der Waals surface area contributed by atoms with Gasteiger partial charge in [-0.15, -0.1) is 0 Å². The first-order valence-electron chi connectivity index (χ1n) is 6.78. The Morgan fingerprint density at radius 2 is 2.26 bits per heavy atom. The molecule has 0 heterocycles. The van der Waals surface area contributed by atoms with E-state index in [1.807, 2.05) is 6.07 Å². The molecule has 1 unspecified atom stereocenters. The minimum atomic E-state index is -0.761. The predicted molar refractivity (Wildman–Crippen MR) is 71.5 cm³/mol. The van der Waals surface area contributed by atoms with Crippen LogP contribution in [0, 0.1) is 5.82 Å². The van der Waals surface area contributed by atoms with Gasteiger partial charge in [-0.25, -0.2) is 4.39 Å². The van der Waals surface area contributed by atoms with Gasteiger partial charge >= 0.3 is 5.97 Å². The molecule has 1 aliphatic carbocycles. The Balaban J connectivity index is 1.95. The van der Waals surface area contributed by atoms with E-state index in [4.69, 9.17) is 5.11 Å². The van der Waals surface area contributed by atoms with Crippen LogP contribution in [-0.2, 0) is 11.2 Å². The van der Waals surface area contributed by atoms with Crippen LogP contribution in [-0.4, -0.2) is 34.6 Å². The van der Waals surface area contributed by atoms with Crippen molar-refractivity contribution in [1.29, 1.82) is 0 Å². The molecule has 104 valence electrons. The summed E-state index contributed by atoms with van der Waals surface area (Å²) in [5.74, 6) is -0.975. The minimum absolute atomic E-state index is 0.171. The van der Waals surface area contributed by atoms with Crippen LogP contribution in [0.25, 0.3) is 0 Å². The van der Waals surface area contributed by atoms with Gasteiger partial charge in [0, 0.05) is 18.6 Å². The molecule has 1 fully saturated rings. The molecular weight excluding hydrogens is 245 g/mol. The largest absolute Gasteiger partial charge is 0.481 e. The number of hydrogen-bond donors (Lipinski definition) is 1. The second kappa shape index (κ2) is 6.15. The summed E-state index contributed by atoms with van der Waals surface area (Å²) in [4.78, 5) is 12.9. The molecule has 0 amide bonds. The second-order valence-electron chi connectivity index (χ2n) is 5.30. The number of aliphatic carboxylic acids is 1. The summed E-state index contributed by atoms with van der Waals surface area (Å²) in [5.41, 5.74) is 0.966. The lowest BCUT2D eigenvalue weighted by atomic mass is 10.1. The van der Waals surface area contributed by atoms with Gasteiger partial charge in [-0.05, 0) is 43.9 Å². The molecule has 1 atom stereocenters. The van der Waals surface area contributed by atoms with Crippen LogP contribution in [0.1, 0.15) is 31.7 Å². The van der Waals surface area contributed by atoms with Crippen molar-refractivity contribution in [3.63, 3.8) is 0 Å². The monoisotopic (exact) mass is 265 g/mol. The highest BCUT2D eigenvalue weighted by molar-refractivity contribution is 5.66. The van der Waals surface area contributed by atoms with Gasteiger partial charge in [-0.1, -0.05) is 12.1 Å². The number of hydrogen-bond acceptors (Lipinski definition) is 2. The SMILES string of the molecule is CC(Cc1cccc(F)c1)N(CCC(=O)O)C1CC1. The van der Waals surface area contributed by atoms with Crippen molar-refractivity contribution in [2.75, 3.05) is 6.54 Å². The number of halogens is 1. The second-order valence-corrected chi connectivity index (χ2v) is 5.30. The summed E-state index contributed by atoms with van der Waals surface area (Å²) < 4.78 is 13.2. The zero-order chi connectivity index (χ0) is 13.8. The lowest BCUT2D eigenvalue weighted by Gasteiger charge is -2.28. The zero-order valence-corrected chi connectivity index (χ0v) is 11.2. The molecule has 1 aromatic carbocycles. The molecule has 1 aromatic rings. The first kappa shape index (κ1) is 14.0. The van der Waals surface area contributed by atoms with Gasteiger partial charge in [-0.3, -0.25) is 9.69 Å². The Bertz CT molecular complexity index is 446. The molecule has 0 saturated heterocycles. The first-order chi connectivity index (χ1) is 9.06. The van der Waals surface area contributed by atoms with Crippen molar-refractivity contribution in [3.05, 3.63) is 35.6 Å². The third kappa shape index (κ3) is 4.31. The molecule has 0 aromatic heterocycles. The average Bonchev–Trinajstić information content (AvgIpc) is 3.13. The third-order valence-electron chi connectivity index (χ3n) is 3.59. The van der Waals surface area contributed by atoms with Crippen LogP contribution in [0.2, 0.25) is 0 Å². The molecule has 1 N–H and O–H groups in total. The number of carbonyl (C=O) groups is 1. The Labute approximate surface area is 113 Å². The summed E-state index contributed by atoms with van der Waals surface area (Å²) >= 11 is 0. The fourth-order valence-electron chi connectivity index (χ4n) is 2.52. The number of benzene rings is 1. The van der Waals surface area contributed by atoms with E-state index in [9.17, 15) is 9.18 Å². The predicted octanol–water partition coefficient (Wildman–Crippen LogP) is 2.70. The van der Waals surface area contributed by atoms with E-state index in [-0.39, 0.29) is 18.3 Å². The maximum absolute atomic E-state index is 13.2. The van der Waals surface area contributed by atoms with Crippen molar-refractivity contribution in [1.82, 2.24) is 4.90 Å². The van der Waals surface area contributed by atoms with Gasteiger partial charge in [0.25, 0.3) is 0 Å². The van der Waals surface area contributed by atoms with Crippen LogP contribution >= 0.6 is 0 Å². The van der Waals surface area contributed by atoms with E-state index in [0.717, 1.165) is 24.8 Å². The maximum Gasteiger partial charge on any atom is 0.304 e. The van der Waals surface area contributed by atoms with Gasteiger partial charge in [-0.2, -0.15) is 0 Å². The van der Waals surface area contributed by atoms with Crippen molar-refractivity contribution >= 4 is 5.97 Å². The fourth-order valence-corrected chi connectivity index (χ4v) is 2.52. The lowest BCUT2D eigenvalue weighted by molar-refractivity contribution is -0.137. The topological polar surface area (TPSA) is 40.5 Å². The number of rotatable bonds is 7. The summed E-state index contributed by atoms with van der Waals surface area (Å²) in [6, 6.07) is 7.39. The summed E-state index contributed by atoms with van der Waals surface area (Å²) in [7, 11) is 0. The van der Waals surface area contributed by atoms with Crippen molar-refractivity contribution in [3.8, 4) is 0 Å². The number of nitrogens with zero attached hydrogens (tertiary/aromatic N) is 1. The molecule has 0 bridgehead atoms. The van der Waals surface area contributed by atoms with Gasteiger partial charge in [0.1, 0.15) is 5.82 Å². The van der Waals surface area contributed by atoms with E-state index in [1.54, 1.807) is 12.1 Å². The fraction of sp³-hybridized carbons (Fsp3) is 0.533. The van der Waals surface area contributed by atoms with Gasteiger partial charge < -0.3 is 5.11 Å². The molecule has 1 saturated carbocycles. The van der Waals surface area contributed by atoms with Crippen LogP contribution in [0.5, 0.6) is 0 Å². The highest BCUT2D eigenvalue weighted by atomic mass is 19.1. The molecule has 0 spiro atoms. The lowest BCUT2D eigenvalue weighted by Crippen LogP contribution is -2.38. The van der Waals surface area contributed by atoms with Crippen molar-refractivity contribution < 1.29 is 14.3 Å². The summed E-state index contributed by atoms with van der Waals surface area (Å²) in [5, 5.41) is 8.80. The Morgan fingerprint density at radius 3 is 2.84 bits per heavy atom. The quantitative estimate of drug-likeness (QED) is 0.824.